The summed E-state index contributed by atoms with van der Waals surface area (Å²) >= 11 is 6.49. The molecule has 0 saturated carbocycles. The van der Waals surface area contributed by atoms with E-state index in [9.17, 15) is 8.78 Å². The SMILES string of the molecule is CC1=C(Cl)C=C(C(C)N)C(C)(c2ccccc2)C1c1cc(F)nc(F)c1. The first-order chi connectivity index (χ1) is 12.2. The molecular weight excluding hydrogens is 354 g/mol. The quantitative estimate of drug-likeness (QED) is 0.750. The predicted octanol–water partition coefficient (Wildman–Crippen LogP) is 5.20. The van der Waals surface area contributed by atoms with Crippen molar-refractivity contribution in [1.29, 1.82) is 0 Å². The molecule has 0 saturated heterocycles. The fourth-order valence-electron chi connectivity index (χ4n) is 4.09. The second-order valence-corrected chi connectivity index (χ2v) is 7.37. The van der Waals surface area contributed by atoms with Crippen molar-refractivity contribution < 1.29 is 8.78 Å². The molecule has 1 aliphatic rings. The van der Waals surface area contributed by atoms with Crippen LogP contribution in [0.2, 0.25) is 0 Å². The molecule has 0 amide bonds. The van der Waals surface area contributed by atoms with E-state index >= 15 is 0 Å². The molecule has 0 radical (unpaired) electrons. The molecule has 3 atom stereocenters. The molecular formula is C21H21ClF2N2. The summed E-state index contributed by atoms with van der Waals surface area (Å²) in [4.78, 5) is 3.23. The van der Waals surface area contributed by atoms with Gasteiger partial charge >= 0.3 is 0 Å². The minimum absolute atomic E-state index is 0.277. The van der Waals surface area contributed by atoms with Crippen molar-refractivity contribution in [2.45, 2.75) is 38.1 Å². The number of hydrogen-bond donors (Lipinski definition) is 1. The molecule has 3 rings (SSSR count). The maximum Gasteiger partial charge on any atom is 0.215 e. The number of halogens is 3. The first kappa shape index (κ1) is 18.7. The van der Waals surface area contributed by atoms with Crippen LogP contribution in [-0.2, 0) is 5.41 Å². The van der Waals surface area contributed by atoms with E-state index in [4.69, 9.17) is 17.3 Å². The van der Waals surface area contributed by atoms with E-state index in [-0.39, 0.29) is 12.0 Å². The summed E-state index contributed by atoms with van der Waals surface area (Å²) in [5.41, 5.74) is 8.94. The van der Waals surface area contributed by atoms with Crippen molar-refractivity contribution >= 4 is 11.6 Å². The molecule has 136 valence electrons. The Hall–Kier alpha value is -2.04. The van der Waals surface area contributed by atoms with Crippen molar-refractivity contribution in [2.24, 2.45) is 5.73 Å². The van der Waals surface area contributed by atoms with Gasteiger partial charge in [0.15, 0.2) is 0 Å². The van der Waals surface area contributed by atoms with Gasteiger partial charge in [-0.25, -0.2) is 0 Å². The molecule has 0 spiro atoms. The fourth-order valence-corrected chi connectivity index (χ4v) is 4.32. The summed E-state index contributed by atoms with van der Waals surface area (Å²) in [6.07, 6.45) is 1.89. The van der Waals surface area contributed by atoms with Crippen LogP contribution in [0.4, 0.5) is 8.78 Å². The van der Waals surface area contributed by atoms with Gasteiger partial charge in [-0.2, -0.15) is 13.8 Å². The van der Waals surface area contributed by atoms with E-state index < -0.39 is 17.3 Å². The highest BCUT2D eigenvalue weighted by atomic mass is 35.5. The lowest BCUT2D eigenvalue weighted by Crippen LogP contribution is -2.42. The summed E-state index contributed by atoms with van der Waals surface area (Å²) in [6.45, 7) is 5.83. The van der Waals surface area contributed by atoms with Crippen LogP contribution in [0.3, 0.4) is 0 Å². The Balaban J connectivity index is 2.32. The summed E-state index contributed by atoms with van der Waals surface area (Å²) in [7, 11) is 0. The van der Waals surface area contributed by atoms with Crippen LogP contribution in [0.1, 0.15) is 37.8 Å². The Morgan fingerprint density at radius 1 is 1.15 bits per heavy atom. The number of hydrogen-bond acceptors (Lipinski definition) is 2. The van der Waals surface area contributed by atoms with Crippen molar-refractivity contribution in [3.05, 3.63) is 87.7 Å². The van der Waals surface area contributed by atoms with E-state index in [1.807, 2.05) is 57.2 Å². The molecule has 0 aliphatic heterocycles. The van der Waals surface area contributed by atoms with Crippen molar-refractivity contribution in [3.8, 4) is 0 Å². The number of nitrogens with two attached hydrogens (primary N) is 1. The average Bonchev–Trinajstić information content (AvgIpc) is 2.58. The smallest absolute Gasteiger partial charge is 0.215 e. The van der Waals surface area contributed by atoms with Gasteiger partial charge in [0.05, 0.1) is 0 Å². The Morgan fingerprint density at radius 3 is 2.27 bits per heavy atom. The highest BCUT2D eigenvalue weighted by Crippen LogP contribution is 2.53. The Bertz CT molecular complexity index is 870. The maximum atomic E-state index is 13.9. The van der Waals surface area contributed by atoms with Gasteiger partial charge in [-0.05, 0) is 54.3 Å². The number of aromatic nitrogens is 1. The summed E-state index contributed by atoms with van der Waals surface area (Å²) in [6, 6.07) is 12.1. The van der Waals surface area contributed by atoms with E-state index in [0.29, 0.717) is 10.6 Å². The summed E-state index contributed by atoms with van der Waals surface area (Å²) in [5.74, 6) is -2.07. The minimum Gasteiger partial charge on any atom is -0.324 e. The van der Waals surface area contributed by atoms with Crippen LogP contribution in [-0.4, -0.2) is 11.0 Å². The molecule has 2 N–H and O–H groups in total. The first-order valence-corrected chi connectivity index (χ1v) is 8.85. The second kappa shape index (κ2) is 6.93. The molecule has 5 heteroatoms. The maximum absolute atomic E-state index is 13.9. The number of allylic oxidation sites excluding steroid dienone is 3. The molecule has 2 aromatic rings. The molecule has 1 aromatic heterocycles. The highest BCUT2D eigenvalue weighted by Gasteiger charge is 2.45. The van der Waals surface area contributed by atoms with Crippen LogP contribution in [0.5, 0.6) is 0 Å². The molecule has 2 nitrogen and oxygen atoms in total. The lowest BCUT2D eigenvalue weighted by Gasteiger charge is -2.45. The van der Waals surface area contributed by atoms with E-state index in [0.717, 1.165) is 16.7 Å². The topological polar surface area (TPSA) is 38.9 Å². The van der Waals surface area contributed by atoms with Gasteiger partial charge in [0.25, 0.3) is 0 Å². The van der Waals surface area contributed by atoms with Gasteiger partial charge in [0.1, 0.15) is 0 Å². The van der Waals surface area contributed by atoms with Crippen molar-refractivity contribution in [3.63, 3.8) is 0 Å². The number of pyridine rings is 1. The summed E-state index contributed by atoms with van der Waals surface area (Å²) in [5, 5.41) is 0.549. The van der Waals surface area contributed by atoms with Crippen molar-refractivity contribution in [1.82, 2.24) is 4.98 Å². The van der Waals surface area contributed by atoms with Gasteiger partial charge in [-0.3, -0.25) is 0 Å². The van der Waals surface area contributed by atoms with E-state index in [1.54, 1.807) is 0 Å². The van der Waals surface area contributed by atoms with E-state index in [2.05, 4.69) is 4.98 Å². The zero-order valence-corrected chi connectivity index (χ0v) is 15.7. The van der Waals surface area contributed by atoms with Gasteiger partial charge in [-0.1, -0.05) is 48.9 Å². The molecule has 0 bridgehead atoms. The van der Waals surface area contributed by atoms with Crippen molar-refractivity contribution in [2.75, 3.05) is 0 Å². The molecule has 1 aliphatic carbocycles. The predicted molar refractivity (Wildman–Crippen MR) is 101 cm³/mol. The monoisotopic (exact) mass is 374 g/mol. The third-order valence-electron chi connectivity index (χ3n) is 5.25. The van der Waals surface area contributed by atoms with Crippen LogP contribution in [0.15, 0.2) is 64.7 Å². The van der Waals surface area contributed by atoms with Crippen LogP contribution in [0, 0.1) is 11.9 Å². The molecule has 26 heavy (non-hydrogen) atoms. The zero-order chi connectivity index (χ0) is 19.1. The second-order valence-electron chi connectivity index (χ2n) is 6.97. The van der Waals surface area contributed by atoms with Crippen LogP contribution >= 0.6 is 11.6 Å². The normalized spacial score (nSPS) is 24.4. The van der Waals surface area contributed by atoms with E-state index in [1.165, 1.54) is 12.1 Å². The molecule has 0 fully saturated rings. The average molecular weight is 375 g/mol. The van der Waals surface area contributed by atoms with Gasteiger partial charge in [0, 0.05) is 22.4 Å². The number of rotatable bonds is 3. The number of benzene rings is 1. The zero-order valence-electron chi connectivity index (χ0n) is 14.9. The van der Waals surface area contributed by atoms with Crippen LogP contribution < -0.4 is 5.73 Å². The standard InChI is InChI=1S/C21H21ClF2N2/c1-12-17(22)11-16(13(2)25)21(3,15-7-5-4-6-8-15)20(12)14-9-18(23)26-19(24)10-14/h4-11,13,20H,25H2,1-3H3. The minimum atomic E-state index is -0.851. The largest absolute Gasteiger partial charge is 0.324 e. The van der Waals surface area contributed by atoms with Gasteiger partial charge in [-0.15, -0.1) is 0 Å². The lowest BCUT2D eigenvalue weighted by atomic mass is 9.59. The van der Waals surface area contributed by atoms with Crippen LogP contribution in [0.25, 0.3) is 0 Å². The van der Waals surface area contributed by atoms with Gasteiger partial charge < -0.3 is 5.73 Å². The van der Waals surface area contributed by atoms with Gasteiger partial charge in [0.2, 0.25) is 11.9 Å². The Morgan fingerprint density at radius 2 is 1.73 bits per heavy atom. The molecule has 3 unspecified atom stereocenters. The lowest BCUT2D eigenvalue weighted by molar-refractivity contribution is 0.438. The third-order valence-corrected chi connectivity index (χ3v) is 5.66. The Labute approximate surface area is 157 Å². The Kier molecular flexibility index (Phi) is 5.00. The first-order valence-electron chi connectivity index (χ1n) is 8.47. The fraction of sp³-hybridized carbons (Fsp3) is 0.286. The third kappa shape index (κ3) is 3.08. The molecule has 1 heterocycles. The number of nitrogens with zero attached hydrogens (tertiary/aromatic N) is 1. The highest BCUT2D eigenvalue weighted by molar-refractivity contribution is 6.31. The molecule has 1 aromatic carbocycles. The summed E-state index contributed by atoms with van der Waals surface area (Å²) < 4.78 is 27.8.